The van der Waals surface area contributed by atoms with Crippen LogP contribution in [0.1, 0.15) is 49.7 Å². The zero-order chi connectivity index (χ0) is 22.7. The molecule has 1 atom stereocenters. The van der Waals surface area contributed by atoms with Crippen LogP contribution in [0.15, 0.2) is 48.5 Å². The zero-order valence-corrected chi connectivity index (χ0v) is 18.1. The fourth-order valence-corrected chi connectivity index (χ4v) is 4.13. The third-order valence-electron chi connectivity index (χ3n) is 6.39. The van der Waals surface area contributed by atoms with Gasteiger partial charge in [-0.3, -0.25) is 9.59 Å². The molecule has 0 aliphatic heterocycles. The minimum atomic E-state index is -1.02. The van der Waals surface area contributed by atoms with Crippen LogP contribution in [0.5, 0.6) is 0 Å². The topological polar surface area (TPSA) is 105 Å². The number of carbonyl (C=O) groups excluding carboxylic acids is 2. The molecule has 7 nitrogen and oxygen atoms in total. The Bertz CT molecular complexity index is 985. The van der Waals surface area contributed by atoms with Crippen molar-refractivity contribution in [1.29, 1.82) is 0 Å². The summed E-state index contributed by atoms with van der Waals surface area (Å²) in [5.41, 5.74) is 4.56. The maximum absolute atomic E-state index is 12.6. The van der Waals surface area contributed by atoms with Crippen molar-refractivity contribution in [3.8, 4) is 11.1 Å². The van der Waals surface area contributed by atoms with Gasteiger partial charge in [0.15, 0.2) is 0 Å². The lowest BCUT2D eigenvalue weighted by Crippen LogP contribution is -2.48. The van der Waals surface area contributed by atoms with Crippen LogP contribution in [0.4, 0.5) is 4.79 Å². The number of nitrogens with one attached hydrogen (secondary N) is 2. The fraction of sp³-hybridized carbons (Fsp3) is 0.400. The Morgan fingerprint density at radius 3 is 2.22 bits per heavy atom. The summed E-state index contributed by atoms with van der Waals surface area (Å²) in [6.07, 6.45) is 1.15. The zero-order valence-electron chi connectivity index (χ0n) is 18.1. The minimum absolute atomic E-state index is 0.00206. The molecule has 1 fully saturated rings. The van der Waals surface area contributed by atoms with Gasteiger partial charge in [0.05, 0.1) is 0 Å². The van der Waals surface area contributed by atoms with E-state index in [4.69, 9.17) is 9.84 Å². The number of fused-ring (bicyclic) bond motifs is 3. The van der Waals surface area contributed by atoms with Crippen LogP contribution < -0.4 is 10.6 Å². The number of benzene rings is 2. The van der Waals surface area contributed by atoms with Gasteiger partial charge in [-0.2, -0.15) is 0 Å². The number of hydrogen-bond donors (Lipinski definition) is 3. The van der Waals surface area contributed by atoms with Gasteiger partial charge >= 0.3 is 12.1 Å². The normalized spacial score (nSPS) is 16.4. The van der Waals surface area contributed by atoms with E-state index in [2.05, 4.69) is 29.7 Å². The molecule has 2 amide bonds. The van der Waals surface area contributed by atoms with Crippen molar-refractivity contribution in [3.63, 3.8) is 0 Å². The average Bonchev–Trinajstić information content (AvgIpc) is 3.44. The molecule has 32 heavy (non-hydrogen) atoms. The van der Waals surface area contributed by atoms with E-state index in [0.717, 1.165) is 35.1 Å². The van der Waals surface area contributed by atoms with Crippen molar-refractivity contribution in [2.24, 2.45) is 5.41 Å². The van der Waals surface area contributed by atoms with Gasteiger partial charge in [-0.15, -0.1) is 0 Å². The van der Waals surface area contributed by atoms with Gasteiger partial charge in [0.2, 0.25) is 5.91 Å². The molecule has 0 heterocycles. The van der Waals surface area contributed by atoms with Crippen LogP contribution in [-0.4, -0.2) is 42.3 Å². The predicted octanol–water partition coefficient (Wildman–Crippen LogP) is 3.67. The Kier molecular flexibility index (Phi) is 6.17. The molecule has 1 saturated carbocycles. The molecule has 4 rings (SSSR count). The van der Waals surface area contributed by atoms with Crippen molar-refractivity contribution in [1.82, 2.24) is 10.6 Å². The Morgan fingerprint density at radius 1 is 1.06 bits per heavy atom. The van der Waals surface area contributed by atoms with Gasteiger partial charge in [-0.05, 0) is 46.9 Å². The van der Waals surface area contributed by atoms with E-state index >= 15 is 0 Å². The summed E-state index contributed by atoms with van der Waals surface area (Å²) >= 11 is 0. The highest BCUT2D eigenvalue weighted by molar-refractivity contribution is 5.86. The van der Waals surface area contributed by atoms with E-state index in [9.17, 15) is 14.4 Å². The Labute approximate surface area is 187 Å². The second-order valence-electron chi connectivity index (χ2n) is 8.98. The second-order valence-corrected chi connectivity index (χ2v) is 8.98. The molecule has 0 radical (unpaired) electrons. The maximum Gasteiger partial charge on any atom is 0.407 e. The summed E-state index contributed by atoms with van der Waals surface area (Å²) in [5, 5.41) is 14.4. The van der Waals surface area contributed by atoms with Gasteiger partial charge in [0.1, 0.15) is 12.6 Å². The summed E-state index contributed by atoms with van der Waals surface area (Å²) in [5.74, 6) is -1.49. The van der Waals surface area contributed by atoms with Crippen molar-refractivity contribution in [2.45, 2.75) is 44.6 Å². The molecule has 2 aliphatic carbocycles. The van der Waals surface area contributed by atoms with Crippen LogP contribution in [0, 0.1) is 5.41 Å². The van der Waals surface area contributed by atoms with E-state index < -0.39 is 18.1 Å². The van der Waals surface area contributed by atoms with Crippen LogP contribution in [0.3, 0.4) is 0 Å². The van der Waals surface area contributed by atoms with Crippen LogP contribution in [0.2, 0.25) is 0 Å². The van der Waals surface area contributed by atoms with Crippen LogP contribution >= 0.6 is 0 Å². The lowest BCUT2D eigenvalue weighted by molar-refractivity contribution is -0.137. The second kappa shape index (κ2) is 9.02. The number of alkyl carbamates (subject to hydrolysis) is 1. The van der Waals surface area contributed by atoms with E-state index in [1.807, 2.05) is 36.4 Å². The van der Waals surface area contributed by atoms with Gasteiger partial charge in [-0.1, -0.05) is 55.5 Å². The molecule has 0 spiro atoms. The minimum Gasteiger partial charge on any atom is -0.481 e. The van der Waals surface area contributed by atoms with E-state index in [1.54, 1.807) is 0 Å². The van der Waals surface area contributed by atoms with Gasteiger partial charge in [0, 0.05) is 18.9 Å². The van der Waals surface area contributed by atoms with Crippen LogP contribution in [0.25, 0.3) is 11.1 Å². The SMILES string of the molecule is CC1(CNC(=O)C(CCC(=O)O)NC(=O)OCC2c3ccccc3-c3ccccc32)CC1. The number of carboxylic acids is 1. The first-order chi connectivity index (χ1) is 15.4. The molecule has 168 valence electrons. The molecule has 3 N–H and O–H groups in total. The highest BCUT2D eigenvalue weighted by Gasteiger charge is 2.38. The van der Waals surface area contributed by atoms with Gasteiger partial charge in [0.25, 0.3) is 0 Å². The summed E-state index contributed by atoms with van der Waals surface area (Å²) in [7, 11) is 0. The third kappa shape index (κ3) is 4.93. The predicted molar refractivity (Wildman–Crippen MR) is 119 cm³/mol. The number of carboxylic acid groups (broad SMARTS) is 1. The molecule has 7 heteroatoms. The van der Waals surface area contributed by atoms with Crippen molar-refractivity contribution >= 4 is 18.0 Å². The van der Waals surface area contributed by atoms with E-state index in [1.165, 1.54) is 0 Å². The number of amides is 2. The quantitative estimate of drug-likeness (QED) is 0.556. The number of aliphatic carboxylic acids is 1. The summed E-state index contributed by atoms with van der Waals surface area (Å²) in [6.45, 7) is 2.73. The molecular weight excluding hydrogens is 408 g/mol. The Balaban J connectivity index is 1.38. The summed E-state index contributed by atoms with van der Waals surface area (Å²) < 4.78 is 5.51. The largest absolute Gasteiger partial charge is 0.481 e. The van der Waals surface area contributed by atoms with E-state index in [-0.39, 0.29) is 36.7 Å². The molecule has 2 aliphatic rings. The molecule has 2 aromatic rings. The number of rotatable bonds is 9. The first-order valence-electron chi connectivity index (χ1n) is 11.0. The van der Waals surface area contributed by atoms with E-state index in [0.29, 0.717) is 6.54 Å². The smallest absolute Gasteiger partial charge is 0.407 e. The summed E-state index contributed by atoms with van der Waals surface area (Å²) in [4.78, 5) is 36.1. The number of carbonyl (C=O) groups is 3. The van der Waals surface area contributed by atoms with Gasteiger partial charge in [-0.25, -0.2) is 4.79 Å². The molecule has 1 unspecified atom stereocenters. The van der Waals surface area contributed by atoms with Crippen molar-refractivity contribution in [2.75, 3.05) is 13.2 Å². The lowest BCUT2D eigenvalue weighted by atomic mass is 9.98. The monoisotopic (exact) mass is 436 g/mol. The van der Waals surface area contributed by atoms with Gasteiger partial charge < -0.3 is 20.5 Å². The third-order valence-corrected chi connectivity index (χ3v) is 6.39. The molecule has 0 aromatic heterocycles. The fourth-order valence-electron chi connectivity index (χ4n) is 4.13. The van der Waals surface area contributed by atoms with Crippen LogP contribution in [-0.2, 0) is 14.3 Å². The molecule has 2 aromatic carbocycles. The molecule has 0 bridgehead atoms. The maximum atomic E-state index is 12.6. The highest BCUT2D eigenvalue weighted by Crippen LogP contribution is 2.45. The highest BCUT2D eigenvalue weighted by atomic mass is 16.5. The number of ether oxygens (including phenoxy) is 1. The molecular formula is C25H28N2O5. The average molecular weight is 437 g/mol. The Morgan fingerprint density at radius 2 is 1.66 bits per heavy atom. The lowest BCUT2D eigenvalue weighted by Gasteiger charge is -2.20. The first-order valence-corrected chi connectivity index (χ1v) is 11.0. The van der Waals surface area contributed by atoms with Crippen molar-refractivity contribution < 1.29 is 24.2 Å². The standard InChI is InChI=1S/C25H28N2O5/c1-25(12-13-25)15-26-23(30)21(10-11-22(28)29)27-24(31)32-14-20-18-8-4-2-6-16(18)17-7-3-5-9-19(17)20/h2-9,20-21H,10-15H2,1H3,(H,26,30)(H,27,31)(H,28,29). The molecule has 0 saturated heterocycles. The number of hydrogen-bond acceptors (Lipinski definition) is 4. The summed E-state index contributed by atoms with van der Waals surface area (Å²) in [6, 6.07) is 15.1. The van der Waals surface area contributed by atoms with Crippen molar-refractivity contribution in [3.05, 3.63) is 59.7 Å². The first kappa shape index (κ1) is 21.9. The Hall–Kier alpha value is -3.35.